The molecule has 0 fully saturated rings. The van der Waals surface area contributed by atoms with Gasteiger partial charge in [-0.3, -0.25) is 0 Å². The highest BCUT2D eigenvalue weighted by Gasteiger charge is 2.01. The monoisotopic (exact) mass is 1430 g/mol. The molecule has 10 aromatic rings. The lowest BCUT2D eigenvalue weighted by Crippen LogP contribution is -2.08. The number of unbranched alkanes of at least 4 members (excludes halogenated alkanes) is 8. The van der Waals surface area contributed by atoms with Gasteiger partial charge in [0.15, 0.2) is 0 Å². The fraction of sp³-hybridized carbons (Fsp3) is 0.400. The summed E-state index contributed by atoms with van der Waals surface area (Å²) in [6, 6.07) is 92.9. The smallest absolute Gasteiger partial charge is 0.0361 e. The molecule has 0 radical (unpaired) electrons. The second-order valence-electron chi connectivity index (χ2n) is 27.3. The molecule has 0 N–H and O–H groups in total. The Morgan fingerprint density at radius 2 is 0.598 bits per heavy atom. The molecule has 0 heterocycles. The molecule has 0 bridgehead atoms. The number of benzene rings is 10. The third kappa shape index (κ3) is 46.2. The summed E-state index contributed by atoms with van der Waals surface area (Å²) in [5.41, 5.74) is 22.6. The topological polar surface area (TPSA) is 3.24 Å². The fourth-order valence-electron chi connectivity index (χ4n) is 11.1. The first-order valence-corrected chi connectivity index (χ1v) is 40.4. The van der Waals surface area contributed by atoms with Gasteiger partial charge in [0.2, 0.25) is 0 Å². The van der Waals surface area contributed by atoms with Crippen molar-refractivity contribution in [2.24, 2.45) is 0 Å². The largest absolute Gasteiger partial charge is 0.378 e. The van der Waals surface area contributed by atoms with Crippen LogP contribution in [0.4, 0.5) is 5.69 Å². The van der Waals surface area contributed by atoms with E-state index in [-0.39, 0.29) is 0 Å². The minimum atomic E-state index is 1.12. The second-order valence-corrected chi connectivity index (χ2v) is 28.2. The van der Waals surface area contributed by atoms with Crippen LogP contribution in [-0.2, 0) is 57.8 Å². The van der Waals surface area contributed by atoms with Gasteiger partial charge in [-0.2, -0.15) is 0 Å². The number of hydrogen-bond acceptors (Lipinski definition) is 1. The van der Waals surface area contributed by atoms with Gasteiger partial charge in [0.1, 0.15) is 0 Å². The van der Waals surface area contributed by atoms with E-state index in [9.17, 15) is 0 Å². The van der Waals surface area contributed by atoms with E-state index in [0.717, 1.165) is 6.42 Å². The SMILES string of the molecule is CCCCCc1ccccc1.CCCCc1ccc(C)cc1.CCCCc1cccc(-c2ccccc2)c1.CCCCc1cccc(Br)c1.CCCCc1cccc(C)c1.CCCCc1cccc(C)c1.CCCCc1ccccc1C.CCCc1ccccc1.CCc1ccc(N(C)C)cc1. The standard InChI is InChI=1S/C16H18.5C11H16.C10H13Br.C10H15N.C9H12/c1-2-3-8-14-9-7-12-16(13-14)15-10-5-4-6-11-15;1-3-4-8-11-9-6-5-7-10(11)2;2*1-3-4-7-11-8-5-6-10(2)9-11;1-3-4-5-11-8-6-10(2)7-9-11;1-2-3-5-8-11-9-6-4-7-10-11;1-2-3-5-9-6-4-7-10(11)8-9;1-4-9-5-7-10(8-6-9)11(2)3;1-2-6-9-7-4-3-5-8-9/h4-7,9-13H,2-3,8H2,1H3;5-7,9H,3-4,8H2,1-2H3;2*5-6,8-9H,3-4,7H2,1-2H3;6-9H,3-5H2,1-2H3;4,6-7,9-10H,2-3,5,8H2,1H3;4,6-8H,2-3,5H2,1H3;5-8H,4H2,1-3H3;3-5,7-8H,2,6H2,1H3. The first-order valence-electron chi connectivity index (χ1n) is 39.6. The van der Waals surface area contributed by atoms with Crippen LogP contribution in [0.5, 0.6) is 0 Å². The van der Waals surface area contributed by atoms with Crippen molar-refractivity contribution in [3.8, 4) is 11.1 Å². The van der Waals surface area contributed by atoms with E-state index in [1.54, 1.807) is 0 Å². The number of hydrogen-bond donors (Lipinski definition) is 0. The van der Waals surface area contributed by atoms with Crippen molar-refractivity contribution in [1.29, 1.82) is 0 Å². The third-order valence-electron chi connectivity index (χ3n) is 17.5. The predicted molar refractivity (Wildman–Crippen MR) is 463 cm³/mol. The van der Waals surface area contributed by atoms with Crippen molar-refractivity contribution >= 4 is 21.6 Å². The highest BCUT2D eigenvalue weighted by atomic mass is 79.9. The molecule has 2 heteroatoms. The maximum absolute atomic E-state index is 3.45. The first-order chi connectivity index (χ1) is 49.6. The molecule has 0 spiro atoms. The summed E-state index contributed by atoms with van der Waals surface area (Å²) < 4.78 is 1.19. The van der Waals surface area contributed by atoms with E-state index in [2.05, 4.69) is 386 Å². The van der Waals surface area contributed by atoms with Gasteiger partial charge in [-0.1, -0.05) is 389 Å². The number of halogens is 1. The van der Waals surface area contributed by atoms with Gasteiger partial charge in [0.25, 0.3) is 0 Å². The lowest BCUT2D eigenvalue weighted by atomic mass is 10.0. The molecule has 0 aliphatic rings. The van der Waals surface area contributed by atoms with E-state index in [4.69, 9.17) is 0 Å². The lowest BCUT2D eigenvalue weighted by molar-refractivity contribution is 0.717. The van der Waals surface area contributed by atoms with Crippen LogP contribution in [0.1, 0.15) is 237 Å². The Bertz CT molecular complexity index is 3390. The van der Waals surface area contributed by atoms with Gasteiger partial charge < -0.3 is 4.90 Å². The van der Waals surface area contributed by atoms with E-state index < -0.39 is 0 Å². The van der Waals surface area contributed by atoms with Crippen LogP contribution in [0.25, 0.3) is 11.1 Å². The summed E-state index contributed by atoms with van der Waals surface area (Å²) >= 11 is 3.45. The maximum Gasteiger partial charge on any atom is 0.0361 e. The third-order valence-corrected chi connectivity index (χ3v) is 18.0. The van der Waals surface area contributed by atoms with Gasteiger partial charge in [0.05, 0.1) is 0 Å². The number of nitrogens with zero attached hydrogens (tertiary/aromatic N) is 1. The molecular formula is C100H138BrN. The van der Waals surface area contributed by atoms with Crippen molar-refractivity contribution in [3.63, 3.8) is 0 Å². The molecule has 0 aromatic heterocycles. The van der Waals surface area contributed by atoms with Crippen LogP contribution in [0.15, 0.2) is 265 Å². The Morgan fingerprint density at radius 1 is 0.245 bits per heavy atom. The van der Waals surface area contributed by atoms with Crippen molar-refractivity contribution in [2.75, 3.05) is 19.0 Å². The molecule has 0 unspecified atom stereocenters. The number of anilines is 1. The van der Waals surface area contributed by atoms with E-state index in [1.165, 1.54) is 248 Å². The van der Waals surface area contributed by atoms with Crippen LogP contribution in [0.3, 0.4) is 0 Å². The minimum absolute atomic E-state index is 1.12. The average Bonchev–Trinajstić information content (AvgIpc) is 0.879. The van der Waals surface area contributed by atoms with Crippen LogP contribution in [-0.4, -0.2) is 14.1 Å². The molecule has 0 saturated heterocycles. The molecule has 0 atom stereocenters. The van der Waals surface area contributed by atoms with Crippen LogP contribution in [0.2, 0.25) is 0 Å². The molecule has 10 aromatic carbocycles. The Morgan fingerprint density at radius 3 is 1.03 bits per heavy atom. The van der Waals surface area contributed by atoms with E-state index >= 15 is 0 Å². The quantitative estimate of drug-likeness (QED) is 0.0464. The number of rotatable bonds is 27. The molecule has 1 nitrogen and oxygen atoms in total. The molecule has 0 saturated carbocycles. The van der Waals surface area contributed by atoms with E-state index in [1.807, 2.05) is 0 Å². The molecule has 0 aliphatic heterocycles. The highest BCUT2D eigenvalue weighted by molar-refractivity contribution is 9.10. The zero-order valence-corrected chi connectivity index (χ0v) is 68.4. The van der Waals surface area contributed by atoms with E-state index in [0.29, 0.717) is 0 Å². The number of aryl methyl sites for hydroxylation is 13. The van der Waals surface area contributed by atoms with Crippen molar-refractivity contribution < 1.29 is 0 Å². The van der Waals surface area contributed by atoms with Crippen molar-refractivity contribution in [2.45, 2.75) is 251 Å². The zero-order chi connectivity index (χ0) is 74.5. The summed E-state index contributed by atoms with van der Waals surface area (Å²) in [6.07, 6.45) is 31.6. The Hall–Kier alpha value is -7.52. The van der Waals surface area contributed by atoms with Crippen LogP contribution in [0, 0.1) is 27.7 Å². The molecule has 550 valence electrons. The minimum Gasteiger partial charge on any atom is -0.378 e. The highest BCUT2D eigenvalue weighted by Crippen LogP contribution is 2.22. The summed E-state index contributed by atoms with van der Waals surface area (Å²) in [5.74, 6) is 0. The Labute approximate surface area is 635 Å². The normalized spacial score (nSPS) is 9.96. The average molecular weight is 1430 g/mol. The molecular weight excluding hydrogens is 1300 g/mol. The van der Waals surface area contributed by atoms with Gasteiger partial charge >= 0.3 is 0 Å². The van der Waals surface area contributed by atoms with Gasteiger partial charge in [-0.25, -0.2) is 0 Å². The molecule has 0 aliphatic carbocycles. The van der Waals surface area contributed by atoms with Crippen molar-refractivity contribution in [1.82, 2.24) is 0 Å². The summed E-state index contributed by atoms with van der Waals surface area (Å²) in [6.45, 7) is 28.6. The summed E-state index contributed by atoms with van der Waals surface area (Å²) in [7, 11) is 4.11. The van der Waals surface area contributed by atoms with Gasteiger partial charge in [-0.15, -0.1) is 0 Å². The summed E-state index contributed by atoms with van der Waals surface area (Å²) in [5, 5.41) is 0. The Balaban J connectivity index is 0.000000392. The Kier molecular flexibility index (Phi) is 54.2. The summed E-state index contributed by atoms with van der Waals surface area (Å²) in [4.78, 5) is 2.11. The maximum atomic E-state index is 3.45. The van der Waals surface area contributed by atoms with Gasteiger partial charge in [-0.05, 0) is 221 Å². The van der Waals surface area contributed by atoms with Gasteiger partial charge in [0, 0.05) is 24.3 Å². The zero-order valence-electron chi connectivity index (χ0n) is 66.8. The van der Waals surface area contributed by atoms with Crippen molar-refractivity contribution in [3.05, 3.63) is 338 Å². The lowest BCUT2D eigenvalue weighted by Gasteiger charge is -2.11. The molecule has 0 amide bonds. The first kappa shape index (κ1) is 90.6. The molecule has 102 heavy (non-hydrogen) atoms. The predicted octanol–water partition coefficient (Wildman–Crippen LogP) is 30.2. The van der Waals surface area contributed by atoms with Crippen LogP contribution >= 0.6 is 15.9 Å². The van der Waals surface area contributed by atoms with Crippen LogP contribution < -0.4 is 4.90 Å². The molecule has 10 rings (SSSR count). The second kappa shape index (κ2) is 61.0. The fourth-order valence-corrected chi connectivity index (χ4v) is 11.5.